The first-order chi connectivity index (χ1) is 22.8. The first-order valence-electron chi connectivity index (χ1n) is 15.8. The van der Waals surface area contributed by atoms with Gasteiger partial charge in [0.2, 0.25) is 0 Å². The smallest absolute Gasteiger partial charge is 0.304 e. The number of amides is 2. The third kappa shape index (κ3) is 9.42. The van der Waals surface area contributed by atoms with Crippen LogP contribution >= 0.6 is 11.8 Å². The second-order valence-electron chi connectivity index (χ2n) is 11.6. The van der Waals surface area contributed by atoms with Gasteiger partial charge in [-0.15, -0.1) is 0 Å². The highest BCUT2D eigenvalue weighted by molar-refractivity contribution is 7.98. The number of carbonyl (C=O) groups is 3. The van der Waals surface area contributed by atoms with Gasteiger partial charge in [-0.2, -0.15) is 11.8 Å². The lowest BCUT2D eigenvalue weighted by atomic mass is 10.0. The molecule has 0 spiro atoms. The van der Waals surface area contributed by atoms with Crippen LogP contribution in [0.2, 0.25) is 0 Å². The maximum atomic E-state index is 13.5. The molecule has 2 heterocycles. The Morgan fingerprint density at radius 2 is 1.64 bits per heavy atom. The second-order valence-corrected chi connectivity index (χ2v) is 12.8. The minimum absolute atomic E-state index is 0.0890. The number of anilines is 2. The molecule has 0 saturated carbocycles. The predicted molar refractivity (Wildman–Crippen MR) is 186 cm³/mol. The van der Waals surface area contributed by atoms with Crippen LogP contribution in [0.15, 0.2) is 78.9 Å². The summed E-state index contributed by atoms with van der Waals surface area (Å²) in [5.41, 5.74) is 6.74. The Balaban J connectivity index is 1.40. The third-order valence-electron chi connectivity index (χ3n) is 7.98. The third-order valence-corrected chi connectivity index (χ3v) is 9.01. The number of hydrogen-bond donors (Lipinski definition) is 3. The summed E-state index contributed by atoms with van der Waals surface area (Å²) in [5.74, 6) is -0.296. The molecule has 2 amide bonds. The summed E-state index contributed by atoms with van der Waals surface area (Å²) in [4.78, 5) is 44.8. The number of aromatic nitrogens is 1. The summed E-state index contributed by atoms with van der Waals surface area (Å²) in [6, 6.07) is 23.8. The van der Waals surface area contributed by atoms with Crippen LogP contribution in [-0.2, 0) is 23.8 Å². The zero-order valence-electron chi connectivity index (χ0n) is 26.4. The molecule has 1 saturated heterocycles. The number of piperidine rings is 1. The minimum atomic E-state index is -0.830. The average molecular weight is 655 g/mol. The van der Waals surface area contributed by atoms with E-state index in [1.54, 1.807) is 36.4 Å². The molecule has 0 unspecified atom stereocenters. The Labute approximate surface area is 278 Å². The molecule has 0 radical (unpaired) electrons. The molecule has 0 bridgehead atoms. The highest BCUT2D eigenvalue weighted by atomic mass is 32.2. The summed E-state index contributed by atoms with van der Waals surface area (Å²) < 4.78 is 13.1. The monoisotopic (exact) mass is 654 g/mol. The molecular formula is C37H39FN4O4S. The molecule has 5 rings (SSSR count). The molecule has 10 heteroatoms. The molecule has 47 heavy (non-hydrogen) atoms. The van der Waals surface area contributed by atoms with Gasteiger partial charge in [0.25, 0.3) is 11.8 Å². The number of nitrogens with zero attached hydrogens (tertiary/aromatic N) is 2. The zero-order chi connectivity index (χ0) is 33.2. The van der Waals surface area contributed by atoms with Crippen molar-refractivity contribution < 1.29 is 23.9 Å². The number of nitrogens with one attached hydrogen (secondary N) is 2. The molecule has 0 aliphatic carbocycles. The fourth-order valence-corrected chi connectivity index (χ4v) is 6.47. The minimum Gasteiger partial charge on any atom is -0.481 e. The van der Waals surface area contributed by atoms with Crippen LogP contribution in [-0.4, -0.2) is 46.7 Å². The quantitative estimate of drug-likeness (QED) is 0.129. The first kappa shape index (κ1) is 33.7. The highest BCUT2D eigenvalue weighted by Gasteiger charge is 2.19. The van der Waals surface area contributed by atoms with Crippen LogP contribution in [0.25, 0.3) is 11.3 Å². The van der Waals surface area contributed by atoms with Gasteiger partial charge in [-0.1, -0.05) is 36.4 Å². The number of pyridine rings is 1. The Morgan fingerprint density at radius 1 is 0.872 bits per heavy atom. The molecule has 1 fully saturated rings. The highest BCUT2D eigenvalue weighted by Crippen LogP contribution is 2.33. The SMILES string of the molecule is Cc1cc(C(=O)NCc2cccc(CF)c2)cc(-c2cc(N3CCCCC3)ccc2NC(=O)c2cccc(CSCCC(=O)O)c2)n1. The van der Waals surface area contributed by atoms with Gasteiger partial charge in [0.1, 0.15) is 6.67 Å². The van der Waals surface area contributed by atoms with Crippen LogP contribution in [0.4, 0.5) is 15.8 Å². The van der Waals surface area contributed by atoms with E-state index in [0.29, 0.717) is 50.8 Å². The molecule has 1 aromatic heterocycles. The molecule has 1 aliphatic rings. The molecule has 0 atom stereocenters. The number of carboxylic acid groups (broad SMARTS) is 1. The number of rotatable bonds is 13. The molecule has 4 aromatic rings. The van der Waals surface area contributed by atoms with Crippen molar-refractivity contribution in [2.24, 2.45) is 0 Å². The molecular weight excluding hydrogens is 615 g/mol. The van der Waals surface area contributed by atoms with E-state index in [0.717, 1.165) is 42.7 Å². The lowest BCUT2D eigenvalue weighted by Crippen LogP contribution is -2.29. The maximum absolute atomic E-state index is 13.5. The zero-order valence-corrected chi connectivity index (χ0v) is 27.2. The van der Waals surface area contributed by atoms with Gasteiger partial charge >= 0.3 is 5.97 Å². The van der Waals surface area contributed by atoms with Crippen molar-refractivity contribution in [3.63, 3.8) is 0 Å². The number of aryl methyl sites for hydroxylation is 1. The van der Waals surface area contributed by atoms with E-state index in [9.17, 15) is 18.8 Å². The topological polar surface area (TPSA) is 112 Å². The summed E-state index contributed by atoms with van der Waals surface area (Å²) in [5, 5.41) is 14.9. The Hall–Kier alpha value is -4.70. The van der Waals surface area contributed by atoms with Gasteiger partial charge in [-0.05, 0) is 85.3 Å². The predicted octanol–water partition coefficient (Wildman–Crippen LogP) is 7.41. The number of thioether (sulfide) groups is 1. The van der Waals surface area contributed by atoms with E-state index < -0.39 is 12.6 Å². The van der Waals surface area contributed by atoms with E-state index in [2.05, 4.69) is 15.5 Å². The summed E-state index contributed by atoms with van der Waals surface area (Å²) in [7, 11) is 0. The first-order valence-corrected chi connectivity index (χ1v) is 16.9. The van der Waals surface area contributed by atoms with Crippen LogP contribution in [0.3, 0.4) is 0 Å². The normalized spacial score (nSPS) is 12.9. The summed E-state index contributed by atoms with van der Waals surface area (Å²) in [6.45, 7) is 3.41. The number of carbonyl (C=O) groups excluding carboxylic acids is 2. The van der Waals surface area contributed by atoms with Gasteiger partial charge in [0, 0.05) is 59.2 Å². The fraction of sp³-hybridized carbons (Fsp3) is 0.297. The van der Waals surface area contributed by atoms with Crippen LogP contribution in [0.1, 0.15) is 68.8 Å². The Morgan fingerprint density at radius 3 is 2.43 bits per heavy atom. The molecule has 3 aromatic carbocycles. The van der Waals surface area contributed by atoms with Crippen molar-refractivity contribution in [3.05, 3.63) is 112 Å². The number of alkyl halides is 1. The maximum Gasteiger partial charge on any atom is 0.304 e. The van der Waals surface area contributed by atoms with Crippen molar-refractivity contribution in [2.75, 3.05) is 29.1 Å². The molecule has 244 valence electrons. The van der Waals surface area contributed by atoms with Crippen LogP contribution in [0, 0.1) is 6.92 Å². The molecule has 3 N–H and O–H groups in total. The number of aliphatic carboxylic acids is 1. The van der Waals surface area contributed by atoms with E-state index in [-0.39, 0.29) is 24.8 Å². The fourth-order valence-electron chi connectivity index (χ4n) is 5.59. The summed E-state index contributed by atoms with van der Waals surface area (Å²) >= 11 is 1.51. The molecule has 1 aliphatic heterocycles. The number of carboxylic acids is 1. The van der Waals surface area contributed by atoms with E-state index in [1.807, 2.05) is 49.4 Å². The van der Waals surface area contributed by atoms with Gasteiger partial charge in [-0.3, -0.25) is 19.4 Å². The number of hydrogen-bond acceptors (Lipinski definition) is 6. The lowest BCUT2D eigenvalue weighted by Gasteiger charge is -2.29. The number of benzene rings is 3. The van der Waals surface area contributed by atoms with Crippen molar-refractivity contribution in [1.82, 2.24) is 10.3 Å². The van der Waals surface area contributed by atoms with Crippen molar-refractivity contribution in [1.29, 1.82) is 0 Å². The van der Waals surface area contributed by atoms with Crippen LogP contribution < -0.4 is 15.5 Å². The number of halogens is 1. The summed E-state index contributed by atoms with van der Waals surface area (Å²) in [6.07, 6.45) is 3.51. The van der Waals surface area contributed by atoms with E-state index in [4.69, 9.17) is 10.1 Å². The Bertz CT molecular complexity index is 1740. The van der Waals surface area contributed by atoms with Crippen molar-refractivity contribution >= 4 is 40.9 Å². The van der Waals surface area contributed by atoms with Gasteiger partial charge in [0.15, 0.2) is 0 Å². The van der Waals surface area contributed by atoms with Gasteiger partial charge in [-0.25, -0.2) is 4.39 Å². The standard InChI is InChI=1S/C37H39FN4O4S/c1-25-17-30(36(45)39-23-27-8-5-7-26(18-27)22-38)20-34(40-25)32-21-31(42-14-3-2-4-15-42)11-12-33(32)41-37(46)29-10-6-9-28(19-29)24-47-16-13-35(43)44/h5-12,17-21H,2-4,13-16,22-24H2,1H3,(H,39,45)(H,41,46)(H,43,44). The molecule has 8 nitrogen and oxygen atoms in total. The largest absolute Gasteiger partial charge is 0.481 e. The van der Waals surface area contributed by atoms with Crippen molar-refractivity contribution in [2.45, 2.75) is 51.6 Å². The van der Waals surface area contributed by atoms with Gasteiger partial charge < -0.3 is 20.6 Å². The van der Waals surface area contributed by atoms with E-state index >= 15 is 0 Å². The van der Waals surface area contributed by atoms with Crippen LogP contribution in [0.5, 0.6) is 0 Å². The lowest BCUT2D eigenvalue weighted by molar-refractivity contribution is -0.136. The van der Waals surface area contributed by atoms with Gasteiger partial charge in [0.05, 0.1) is 17.8 Å². The Kier molecular flexibility index (Phi) is 11.6. The average Bonchev–Trinajstić information content (AvgIpc) is 3.09. The van der Waals surface area contributed by atoms with E-state index in [1.165, 1.54) is 18.2 Å². The second kappa shape index (κ2) is 16.2. The van der Waals surface area contributed by atoms with Crippen molar-refractivity contribution in [3.8, 4) is 11.3 Å².